The van der Waals surface area contributed by atoms with Crippen LogP contribution in [0.2, 0.25) is 0 Å². The number of carbonyl (C=O) groups is 2. The Labute approximate surface area is 141 Å². The smallest absolute Gasteiger partial charge is 0.318 e. The Morgan fingerprint density at radius 3 is 2.50 bits per heavy atom. The van der Waals surface area contributed by atoms with Crippen molar-refractivity contribution >= 4 is 17.5 Å². The van der Waals surface area contributed by atoms with Gasteiger partial charge in [0.25, 0.3) is 0 Å². The van der Waals surface area contributed by atoms with Gasteiger partial charge in [-0.2, -0.15) is 0 Å². The fraction of sp³-hybridized carbons (Fsp3) is 0.444. The molecule has 0 bridgehead atoms. The predicted molar refractivity (Wildman–Crippen MR) is 89.8 cm³/mol. The molecule has 6 heteroatoms. The van der Waals surface area contributed by atoms with Gasteiger partial charge in [0, 0.05) is 31.7 Å². The van der Waals surface area contributed by atoms with Gasteiger partial charge in [0.1, 0.15) is 5.82 Å². The van der Waals surface area contributed by atoms with E-state index in [9.17, 15) is 14.0 Å². The molecular weight excluding hydrogens is 309 g/mol. The predicted octanol–water partition coefficient (Wildman–Crippen LogP) is 2.25. The number of likely N-dealkylation sites (tertiary alicyclic amines) is 1. The van der Waals surface area contributed by atoms with Gasteiger partial charge in [0.2, 0.25) is 5.91 Å². The number of urea groups is 1. The van der Waals surface area contributed by atoms with Crippen LogP contribution in [-0.4, -0.2) is 54.5 Å². The van der Waals surface area contributed by atoms with Crippen LogP contribution in [0.4, 0.5) is 9.18 Å². The van der Waals surface area contributed by atoms with Gasteiger partial charge in [-0.05, 0) is 30.9 Å². The summed E-state index contributed by atoms with van der Waals surface area (Å²) in [7, 11) is 0. The molecule has 1 aromatic rings. The average Bonchev–Trinajstić information content (AvgIpc) is 3.15. The van der Waals surface area contributed by atoms with Gasteiger partial charge in [-0.15, -0.1) is 0 Å². The van der Waals surface area contributed by atoms with Crippen LogP contribution >= 0.6 is 0 Å². The minimum absolute atomic E-state index is 0.0274. The molecule has 0 spiro atoms. The van der Waals surface area contributed by atoms with Gasteiger partial charge in [0.05, 0.1) is 6.54 Å². The molecule has 0 saturated carbocycles. The molecular formula is C18H22FN3O2. The molecule has 2 aliphatic rings. The monoisotopic (exact) mass is 331 g/mol. The Hall–Kier alpha value is -2.37. The molecule has 0 unspecified atom stereocenters. The van der Waals surface area contributed by atoms with Crippen LogP contribution in [0.1, 0.15) is 24.8 Å². The van der Waals surface area contributed by atoms with Crippen molar-refractivity contribution in [3.05, 3.63) is 41.7 Å². The Kier molecular flexibility index (Phi) is 5.13. The molecule has 1 N–H and O–H groups in total. The number of halogens is 1. The Morgan fingerprint density at radius 2 is 1.83 bits per heavy atom. The lowest BCUT2D eigenvalue weighted by Gasteiger charge is -2.27. The Balaban J connectivity index is 1.51. The van der Waals surface area contributed by atoms with Crippen molar-refractivity contribution in [3.8, 4) is 0 Å². The molecule has 0 aromatic heterocycles. The van der Waals surface area contributed by atoms with Crippen LogP contribution < -0.4 is 5.32 Å². The lowest BCUT2D eigenvalue weighted by molar-refractivity contribution is -0.129. The summed E-state index contributed by atoms with van der Waals surface area (Å²) in [5.41, 5.74) is 1.52. The number of amides is 3. The second-order valence-corrected chi connectivity index (χ2v) is 6.15. The first-order valence-electron chi connectivity index (χ1n) is 8.39. The van der Waals surface area contributed by atoms with Crippen molar-refractivity contribution in [2.45, 2.75) is 19.3 Å². The Morgan fingerprint density at radius 1 is 1.08 bits per heavy atom. The maximum absolute atomic E-state index is 13.8. The second kappa shape index (κ2) is 7.47. The second-order valence-electron chi connectivity index (χ2n) is 6.15. The summed E-state index contributed by atoms with van der Waals surface area (Å²) in [6, 6.07) is 6.43. The third-order valence-electron chi connectivity index (χ3n) is 4.57. The largest absolute Gasteiger partial charge is 0.341 e. The van der Waals surface area contributed by atoms with Gasteiger partial charge in [0.15, 0.2) is 0 Å². The highest BCUT2D eigenvalue weighted by Gasteiger charge is 2.22. The molecule has 2 aliphatic heterocycles. The average molecular weight is 331 g/mol. The summed E-state index contributed by atoms with van der Waals surface area (Å²) in [5.74, 6) is -0.265. The summed E-state index contributed by atoms with van der Waals surface area (Å²) >= 11 is 0. The minimum atomic E-state index is -0.244. The molecule has 1 fully saturated rings. The van der Waals surface area contributed by atoms with E-state index >= 15 is 0 Å². The number of nitrogens with one attached hydrogen (secondary N) is 1. The van der Waals surface area contributed by atoms with Crippen LogP contribution in [0.15, 0.2) is 30.3 Å². The number of benzene rings is 1. The first kappa shape index (κ1) is 16.5. The quantitative estimate of drug-likeness (QED) is 0.923. The summed E-state index contributed by atoms with van der Waals surface area (Å²) in [4.78, 5) is 27.5. The number of carbonyl (C=O) groups excluding carboxylic acids is 2. The normalized spacial score (nSPS) is 17.6. The molecule has 128 valence electrons. The fourth-order valence-electron chi connectivity index (χ4n) is 3.16. The summed E-state index contributed by atoms with van der Waals surface area (Å²) < 4.78 is 13.8. The van der Waals surface area contributed by atoms with Crippen LogP contribution in [0.3, 0.4) is 0 Å². The highest BCUT2D eigenvalue weighted by molar-refractivity contribution is 5.84. The standard InChI is InChI=1S/C18H22FN3O2/c19-16-6-2-1-5-15(16)14-7-11-22(12-8-14)18(24)20-13-17(23)21-9-3-4-10-21/h1-2,5-7H,3-4,8-13H2,(H,20,24). The molecule has 24 heavy (non-hydrogen) atoms. The van der Waals surface area contributed by atoms with Crippen LogP contribution in [0.25, 0.3) is 5.57 Å². The molecule has 3 amide bonds. The summed E-state index contributed by atoms with van der Waals surface area (Å²) in [5, 5.41) is 2.69. The van der Waals surface area contributed by atoms with E-state index in [1.54, 1.807) is 21.9 Å². The third kappa shape index (κ3) is 3.75. The van der Waals surface area contributed by atoms with Crippen LogP contribution in [0, 0.1) is 5.82 Å². The summed E-state index contributed by atoms with van der Waals surface area (Å²) in [6.07, 6.45) is 4.56. The van der Waals surface area contributed by atoms with Gasteiger partial charge < -0.3 is 15.1 Å². The van der Waals surface area contributed by atoms with E-state index in [-0.39, 0.29) is 24.3 Å². The number of rotatable bonds is 3. The van der Waals surface area contributed by atoms with Crippen molar-refractivity contribution < 1.29 is 14.0 Å². The van der Waals surface area contributed by atoms with E-state index in [0.717, 1.165) is 31.5 Å². The zero-order valence-electron chi connectivity index (χ0n) is 13.6. The summed E-state index contributed by atoms with van der Waals surface area (Å²) in [6.45, 7) is 2.55. The van der Waals surface area contributed by atoms with E-state index in [1.807, 2.05) is 12.1 Å². The van der Waals surface area contributed by atoms with E-state index in [2.05, 4.69) is 5.32 Å². The van der Waals surface area contributed by atoms with Gasteiger partial charge in [-0.3, -0.25) is 4.79 Å². The van der Waals surface area contributed by atoms with Crippen molar-refractivity contribution in [2.24, 2.45) is 0 Å². The Bertz CT molecular complexity index is 653. The molecule has 0 atom stereocenters. The van der Waals surface area contributed by atoms with Crippen LogP contribution in [-0.2, 0) is 4.79 Å². The molecule has 0 radical (unpaired) electrons. The number of hydrogen-bond donors (Lipinski definition) is 1. The molecule has 5 nitrogen and oxygen atoms in total. The SMILES string of the molecule is O=C(CNC(=O)N1CC=C(c2ccccc2F)CC1)N1CCCC1. The first-order valence-corrected chi connectivity index (χ1v) is 8.39. The number of nitrogens with zero attached hydrogens (tertiary/aromatic N) is 2. The zero-order chi connectivity index (χ0) is 16.9. The molecule has 1 aromatic carbocycles. The topological polar surface area (TPSA) is 52.7 Å². The third-order valence-corrected chi connectivity index (χ3v) is 4.57. The van der Waals surface area contributed by atoms with Crippen molar-refractivity contribution in [1.29, 1.82) is 0 Å². The van der Waals surface area contributed by atoms with E-state index in [1.165, 1.54) is 6.07 Å². The van der Waals surface area contributed by atoms with Gasteiger partial charge in [-0.1, -0.05) is 24.3 Å². The highest BCUT2D eigenvalue weighted by atomic mass is 19.1. The van der Waals surface area contributed by atoms with Gasteiger partial charge >= 0.3 is 6.03 Å². The molecule has 3 rings (SSSR count). The van der Waals surface area contributed by atoms with Crippen molar-refractivity contribution in [1.82, 2.24) is 15.1 Å². The van der Waals surface area contributed by atoms with Crippen molar-refractivity contribution in [3.63, 3.8) is 0 Å². The van der Waals surface area contributed by atoms with E-state index < -0.39 is 0 Å². The lowest BCUT2D eigenvalue weighted by Crippen LogP contribution is -2.46. The molecule has 1 saturated heterocycles. The lowest BCUT2D eigenvalue weighted by atomic mass is 9.99. The van der Waals surface area contributed by atoms with E-state index in [0.29, 0.717) is 25.1 Å². The zero-order valence-corrected chi connectivity index (χ0v) is 13.6. The van der Waals surface area contributed by atoms with E-state index in [4.69, 9.17) is 0 Å². The van der Waals surface area contributed by atoms with Gasteiger partial charge in [-0.25, -0.2) is 9.18 Å². The maximum atomic E-state index is 13.8. The molecule has 0 aliphatic carbocycles. The highest BCUT2D eigenvalue weighted by Crippen LogP contribution is 2.24. The fourth-order valence-corrected chi connectivity index (χ4v) is 3.16. The minimum Gasteiger partial charge on any atom is -0.341 e. The molecule has 2 heterocycles. The number of hydrogen-bond acceptors (Lipinski definition) is 2. The van der Waals surface area contributed by atoms with Crippen molar-refractivity contribution in [2.75, 3.05) is 32.7 Å². The maximum Gasteiger partial charge on any atom is 0.318 e. The van der Waals surface area contributed by atoms with Crippen LogP contribution in [0.5, 0.6) is 0 Å². The first-order chi connectivity index (χ1) is 11.6.